The molecule has 0 fully saturated rings. The maximum Gasteiger partial charge on any atom is 0.276 e. The van der Waals surface area contributed by atoms with Gasteiger partial charge in [0.25, 0.3) is 5.56 Å². The summed E-state index contributed by atoms with van der Waals surface area (Å²) in [6.07, 6.45) is 0. The van der Waals surface area contributed by atoms with Crippen molar-refractivity contribution in [2.75, 3.05) is 12.3 Å². The Morgan fingerprint density at radius 1 is 1.13 bits per heavy atom. The van der Waals surface area contributed by atoms with Crippen molar-refractivity contribution in [3.63, 3.8) is 0 Å². The highest BCUT2D eigenvalue weighted by Crippen LogP contribution is 2.25. The highest BCUT2D eigenvalue weighted by Gasteiger charge is 2.19. The van der Waals surface area contributed by atoms with Crippen molar-refractivity contribution in [1.82, 2.24) is 14.5 Å². The Morgan fingerprint density at radius 2 is 1.87 bits per heavy atom. The fourth-order valence-electron chi connectivity index (χ4n) is 3.23. The second kappa shape index (κ2) is 9.45. The Morgan fingerprint density at radius 3 is 2.61 bits per heavy atom. The number of para-hydroxylation sites is 1. The molecule has 2 aromatic heterocycles. The third-order valence-corrected chi connectivity index (χ3v) is 6.63. The van der Waals surface area contributed by atoms with Crippen molar-refractivity contribution >= 4 is 39.2 Å². The molecule has 0 unspecified atom stereocenters. The fraction of sp³-hybridized carbons (Fsp3) is 0.174. The molecule has 4 rings (SSSR count). The molecule has 0 N–H and O–H groups in total. The molecular weight excluding hydrogens is 433 g/mol. The SMILES string of the molecule is CCN(Cc1ccccc1)C(=O)CSc1nc2ccsc2c(=O)n1-c1ccccc1F. The van der Waals surface area contributed by atoms with Crippen LogP contribution in [0.1, 0.15) is 12.5 Å². The van der Waals surface area contributed by atoms with Gasteiger partial charge >= 0.3 is 0 Å². The third kappa shape index (κ3) is 4.55. The highest BCUT2D eigenvalue weighted by atomic mass is 32.2. The number of rotatable bonds is 7. The van der Waals surface area contributed by atoms with Gasteiger partial charge < -0.3 is 4.90 Å². The van der Waals surface area contributed by atoms with E-state index in [4.69, 9.17) is 0 Å². The third-order valence-electron chi connectivity index (χ3n) is 4.82. The van der Waals surface area contributed by atoms with Gasteiger partial charge in [-0.05, 0) is 36.1 Å². The van der Waals surface area contributed by atoms with Gasteiger partial charge in [-0.3, -0.25) is 14.2 Å². The Balaban J connectivity index is 1.63. The first-order valence-electron chi connectivity index (χ1n) is 9.78. The Labute approximate surface area is 187 Å². The van der Waals surface area contributed by atoms with Crippen LogP contribution in [-0.4, -0.2) is 32.7 Å². The lowest BCUT2D eigenvalue weighted by Crippen LogP contribution is -2.32. The van der Waals surface area contributed by atoms with Gasteiger partial charge in [0.2, 0.25) is 5.91 Å². The average molecular weight is 454 g/mol. The van der Waals surface area contributed by atoms with Gasteiger partial charge in [-0.2, -0.15) is 0 Å². The summed E-state index contributed by atoms with van der Waals surface area (Å²) in [6.45, 7) is 3.00. The number of thioether (sulfide) groups is 1. The molecule has 4 aromatic rings. The smallest absolute Gasteiger partial charge is 0.276 e. The van der Waals surface area contributed by atoms with Crippen LogP contribution in [0, 0.1) is 5.82 Å². The Bertz CT molecular complexity index is 1270. The number of aromatic nitrogens is 2. The van der Waals surface area contributed by atoms with Crippen LogP contribution >= 0.6 is 23.1 Å². The van der Waals surface area contributed by atoms with Gasteiger partial charge in [-0.15, -0.1) is 11.3 Å². The van der Waals surface area contributed by atoms with E-state index in [-0.39, 0.29) is 22.9 Å². The summed E-state index contributed by atoms with van der Waals surface area (Å²) in [4.78, 5) is 32.3. The molecule has 158 valence electrons. The van der Waals surface area contributed by atoms with Crippen molar-refractivity contribution in [3.05, 3.63) is 87.8 Å². The minimum atomic E-state index is -0.519. The van der Waals surface area contributed by atoms with Crippen LogP contribution in [0.4, 0.5) is 4.39 Å². The number of benzene rings is 2. The topological polar surface area (TPSA) is 55.2 Å². The first kappa shape index (κ1) is 21.3. The zero-order valence-electron chi connectivity index (χ0n) is 16.8. The molecule has 0 aliphatic carbocycles. The van der Waals surface area contributed by atoms with Gasteiger partial charge in [0.1, 0.15) is 10.5 Å². The highest BCUT2D eigenvalue weighted by molar-refractivity contribution is 7.99. The van der Waals surface area contributed by atoms with E-state index in [0.29, 0.717) is 28.5 Å². The molecule has 31 heavy (non-hydrogen) atoms. The fourth-order valence-corrected chi connectivity index (χ4v) is 4.90. The number of fused-ring (bicyclic) bond motifs is 1. The first-order valence-corrected chi connectivity index (χ1v) is 11.6. The van der Waals surface area contributed by atoms with Gasteiger partial charge in [0, 0.05) is 13.1 Å². The number of hydrogen-bond donors (Lipinski definition) is 0. The molecule has 8 heteroatoms. The van der Waals surface area contributed by atoms with Crippen LogP contribution in [0.3, 0.4) is 0 Å². The summed E-state index contributed by atoms with van der Waals surface area (Å²) in [5, 5.41) is 2.08. The maximum atomic E-state index is 14.5. The normalized spacial score (nSPS) is 11.0. The van der Waals surface area contributed by atoms with Crippen LogP contribution in [0.15, 0.2) is 76.0 Å². The Kier molecular flexibility index (Phi) is 6.48. The minimum absolute atomic E-state index is 0.0731. The van der Waals surface area contributed by atoms with Gasteiger partial charge in [-0.25, -0.2) is 9.37 Å². The molecule has 0 bridgehead atoms. The molecular formula is C23H20FN3O2S2. The lowest BCUT2D eigenvalue weighted by atomic mass is 10.2. The number of hydrogen-bond acceptors (Lipinski definition) is 5. The zero-order valence-corrected chi connectivity index (χ0v) is 18.5. The van der Waals surface area contributed by atoms with Crippen LogP contribution in [0.25, 0.3) is 15.9 Å². The second-order valence-electron chi connectivity index (χ2n) is 6.80. The van der Waals surface area contributed by atoms with Crippen molar-refractivity contribution in [2.45, 2.75) is 18.6 Å². The standard InChI is InChI=1S/C23H20FN3O2S2/c1-2-26(14-16-8-4-3-5-9-16)20(28)15-31-23-25-18-12-13-30-21(18)22(29)27(23)19-11-7-6-10-17(19)24/h3-13H,2,14-15H2,1H3. The molecule has 0 saturated heterocycles. The summed E-state index contributed by atoms with van der Waals surface area (Å²) in [5.74, 6) is -0.497. The predicted molar refractivity (Wildman–Crippen MR) is 123 cm³/mol. The summed E-state index contributed by atoms with van der Waals surface area (Å²) < 4.78 is 16.2. The molecule has 2 aromatic carbocycles. The van der Waals surface area contributed by atoms with Crippen molar-refractivity contribution in [1.29, 1.82) is 0 Å². The number of halogens is 1. The summed E-state index contributed by atoms with van der Waals surface area (Å²) >= 11 is 2.41. The molecule has 0 aliphatic heterocycles. The maximum absolute atomic E-state index is 14.5. The molecule has 0 aliphatic rings. The minimum Gasteiger partial charge on any atom is -0.338 e. The molecule has 0 atom stereocenters. The van der Waals surface area contributed by atoms with Crippen molar-refractivity contribution in [2.24, 2.45) is 0 Å². The lowest BCUT2D eigenvalue weighted by molar-refractivity contribution is -0.128. The van der Waals surface area contributed by atoms with Crippen molar-refractivity contribution < 1.29 is 9.18 Å². The van der Waals surface area contributed by atoms with E-state index < -0.39 is 5.82 Å². The molecule has 0 radical (unpaired) electrons. The average Bonchev–Trinajstić information content (AvgIpc) is 3.26. The largest absolute Gasteiger partial charge is 0.338 e. The molecule has 0 spiro atoms. The molecule has 1 amide bonds. The quantitative estimate of drug-likeness (QED) is 0.300. The Hall–Kier alpha value is -2.97. The monoisotopic (exact) mass is 453 g/mol. The van der Waals surface area contributed by atoms with Gasteiger partial charge in [0.15, 0.2) is 5.16 Å². The van der Waals surface area contributed by atoms with Crippen LogP contribution < -0.4 is 5.56 Å². The van der Waals surface area contributed by atoms with Gasteiger partial charge in [-0.1, -0.05) is 54.2 Å². The van der Waals surface area contributed by atoms with E-state index >= 15 is 0 Å². The molecule has 0 saturated carbocycles. The van der Waals surface area contributed by atoms with E-state index in [0.717, 1.165) is 17.3 Å². The van der Waals surface area contributed by atoms with E-state index in [2.05, 4.69) is 4.98 Å². The molecule has 5 nitrogen and oxygen atoms in total. The summed E-state index contributed by atoms with van der Waals surface area (Å²) in [6, 6.07) is 17.6. The second-order valence-corrected chi connectivity index (χ2v) is 8.66. The van der Waals surface area contributed by atoms with E-state index in [9.17, 15) is 14.0 Å². The number of amides is 1. The number of nitrogens with zero attached hydrogens (tertiary/aromatic N) is 3. The number of carbonyl (C=O) groups is 1. The predicted octanol–water partition coefficient (Wildman–Crippen LogP) is 4.73. The summed E-state index contributed by atoms with van der Waals surface area (Å²) in [5.41, 5.74) is 1.39. The number of carbonyl (C=O) groups excluding carboxylic acids is 1. The molecule has 2 heterocycles. The van der Waals surface area contributed by atoms with Crippen LogP contribution in [0.5, 0.6) is 0 Å². The first-order chi connectivity index (χ1) is 15.1. The summed E-state index contributed by atoms with van der Waals surface area (Å²) in [7, 11) is 0. The van der Waals surface area contributed by atoms with Crippen LogP contribution in [-0.2, 0) is 11.3 Å². The van der Waals surface area contributed by atoms with E-state index in [1.165, 1.54) is 28.0 Å². The zero-order chi connectivity index (χ0) is 21.8. The number of thiophene rings is 1. The van der Waals surface area contributed by atoms with E-state index in [1.54, 1.807) is 28.5 Å². The lowest BCUT2D eigenvalue weighted by Gasteiger charge is -2.21. The van der Waals surface area contributed by atoms with E-state index in [1.807, 2.05) is 37.3 Å². The van der Waals surface area contributed by atoms with Crippen LogP contribution in [0.2, 0.25) is 0 Å². The van der Waals surface area contributed by atoms with Gasteiger partial charge in [0.05, 0.1) is 17.0 Å². The van der Waals surface area contributed by atoms with Crippen molar-refractivity contribution in [3.8, 4) is 5.69 Å².